The van der Waals surface area contributed by atoms with Gasteiger partial charge in [-0.2, -0.15) is 0 Å². The topological polar surface area (TPSA) is 122 Å². The maximum atomic E-state index is 13.3. The fourth-order valence-electron chi connectivity index (χ4n) is 5.47. The van der Waals surface area contributed by atoms with Crippen LogP contribution in [0.4, 0.5) is 9.18 Å². The normalized spacial score (nSPS) is 35.8. The van der Waals surface area contributed by atoms with Crippen molar-refractivity contribution < 1.29 is 27.4 Å². The second kappa shape index (κ2) is 7.38. The third-order valence-corrected chi connectivity index (χ3v) is 7.56. The fourth-order valence-corrected chi connectivity index (χ4v) is 6.28. The number of sulfonamides is 1. The largest absolute Gasteiger partial charge is 0.465 e. The van der Waals surface area contributed by atoms with Crippen LogP contribution in [0.25, 0.3) is 0 Å². The first-order valence-electron chi connectivity index (χ1n) is 10.2. The van der Waals surface area contributed by atoms with Gasteiger partial charge in [-0.1, -0.05) is 12.8 Å². The van der Waals surface area contributed by atoms with Gasteiger partial charge in [0.15, 0.2) is 5.82 Å². The summed E-state index contributed by atoms with van der Waals surface area (Å²) < 4.78 is 45.8. The molecule has 3 fully saturated rings. The number of amides is 1. The number of rotatable bonds is 6. The molecule has 11 heteroatoms. The lowest BCUT2D eigenvalue weighted by molar-refractivity contribution is -0.0318. The number of likely N-dealkylation sites (tertiary alicyclic amines) is 1. The molecule has 2 heterocycles. The van der Waals surface area contributed by atoms with Crippen LogP contribution in [0, 0.1) is 5.82 Å². The average molecular weight is 443 g/mol. The molecule has 30 heavy (non-hydrogen) atoms. The van der Waals surface area contributed by atoms with Crippen molar-refractivity contribution in [3.8, 4) is 0 Å². The predicted molar refractivity (Wildman–Crippen MR) is 105 cm³/mol. The van der Waals surface area contributed by atoms with E-state index in [4.69, 9.17) is 4.74 Å². The van der Waals surface area contributed by atoms with Gasteiger partial charge in [-0.05, 0) is 32.6 Å². The lowest BCUT2D eigenvalue weighted by Gasteiger charge is -2.33. The summed E-state index contributed by atoms with van der Waals surface area (Å²) in [4.78, 5) is 21.5. The number of carbonyl (C=O) groups is 1. The molecular formula is C19H27FN4O5S. The van der Waals surface area contributed by atoms with Gasteiger partial charge in [0, 0.05) is 12.1 Å². The number of nitrogens with zero attached hydrogens (tertiary/aromatic N) is 3. The third kappa shape index (κ3) is 3.67. The number of hydrogen-bond donors (Lipinski definition) is 2. The molecule has 1 saturated heterocycles. The molecular weight excluding hydrogens is 415 g/mol. The minimum absolute atomic E-state index is 0.0762. The van der Waals surface area contributed by atoms with Crippen molar-refractivity contribution in [1.29, 1.82) is 0 Å². The number of aromatic nitrogens is 2. The molecule has 0 aromatic carbocycles. The van der Waals surface area contributed by atoms with Crippen LogP contribution in [0.5, 0.6) is 0 Å². The first-order chi connectivity index (χ1) is 14.1. The van der Waals surface area contributed by atoms with E-state index in [9.17, 15) is 22.7 Å². The Bertz CT molecular complexity index is 929. The van der Waals surface area contributed by atoms with Crippen molar-refractivity contribution in [2.75, 3.05) is 12.9 Å². The third-order valence-electron chi connectivity index (χ3n) is 6.83. The van der Waals surface area contributed by atoms with Gasteiger partial charge in [0.25, 0.3) is 0 Å². The average Bonchev–Trinajstić information content (AvgIpc) is 3.24. The Balaban J connectivity index is 1.55. The van der Waals surface area contributed by atoms with Crippen LogP contribution in [-0.2, 0) is 20.2 Å². The molecule has 1 amide bonds. The summed E-state index contributed by atoms with van der Waals surface area (Å²) in [5.74, 6) is 0.0640. The summed E-state index contributed by atoms with van der Waals surface area (Å²) in [5.41, 5.74) is -0.911. The molecule has 0 bridgehead atoms. The fraction of sp³-hybridized carbons (Fsp3) is 0.737. The van der Waals surface area contributed by atoms with E-state index in [1.807, 2.05) is 0 Å². The zero-order valence-electron chi connectivity index (χ0n) is 17.0. The second-order valence-corrected chi connectivity index (χ2v) is 10.6. The van der Waals surface area contributed by atoms with Gasteiger partial charge < -0.3 is 9.84 Å². The van der Waals surface area contributed by atoms with Crippen LogP contribution >= 0.6 is 0 Å². The van der Waals surface area contributed by atoms with Crippen LogP contribution in [0.1, 0.15) is 51.3 Å². The summed E-state index contributed by atoms with van der Waals surface area (Å²) in [6.45, 7) is 1.84. The van der Waals surface area contributed by atoms with Gasteiger partial charge in [0.1, 0.15) is 5.82 Å². The van der Waals surface area contributed by atoms with E-state index in [1.54, 1.807) is 6.92 Å². The summed E-state index contributed by atoms with van der Waals surface area (Å²) in [7, 11) is -3.50. The highest BCUT2D eigenvalue weighted by molar-refractivity contribution is 7.88. The molecule has 3 aliphatic rings. The Kier molecular flexibility index (Phi) is 5.26. The summed E-state index contributed by atoms with van der Waals surface area (Å²) in [6.07, 6.45) is 6.94. The zero-order chi connectivity index (χ0) is 21.7. The lowest BCUT2D eigenvalue weighted by atomic mass is 9.85. The first-order valence-corrected chi connectivity index (χ1v) is 12.1. The molecule has 2 unspecified atom stereocenters. The van der Waals surface area contributed by atoms with Gasteiger partial charge in [-0.3, -0.25) is 4.90 Å². The van der Waals surface area contributed by atoms with Crippen LogP contribution in [0.15, 0.2) is 12.4 Å². The summed E-state index contributed by atoms with van der Waals surface area (Å²) >= 11 is 0. The Morgan fingerprint density at radius 2 is 2.03 bits per heavy atom. The van der Waals surface area contributed by atoms with Crippen molar-refractivity contribution in [2.24, 2.45) is 0 Å². The molecule has 5 atom stereocenters. The van der Waals surface area contributed by atoms with E-state index in [1.165, 1.54) is 4.90 Å². The van der Waals surface area contributed by atoms with E-state index >= 15 is 0 Å². The van der Waals surface area contributed by atoms with Crippen molar-refractivity contribution >= 4 is 16.1 Å². The highest BCUT2D eigenvalue weighted by Crippen LogP contribution is 2.66. The number of halogens is 1. The minimum Gasteiger partial charge on any atom is -0.465 e. The number of carboxylic acid groups (broad SMARTS) is 1. The highest BCUT2D eigenvalue weighted by Gasteiger charge is 2.72. The van der Waals surface area contributed by atoms with Crippen molar-refractivity contribution in [3.05, 3.63) is 24.0 Å². The summed E-state index contributed by atoms with van der Waals surface area (Å²) in [5, 5.41) is 9.67. The van der Waals surface area contributed by atoms with Gasteiger partial charge in [-0.15, -0.1) is 0 Å². The van der Waals surface area contributed by atoms with Crippen LogP contribution in [-0.4, -0.2) is 71.1 Å². The molecule has 0 spiro atoms. The summed E-state index contributed by atoms with van der Waals surface area (Å²) in [6, 6.07) is -1.51. The van der Waals surface area contributed by atoms with Crippen molar-refractivity contribution in [2.45, 2.75) is 74.6 Å². The number of nitrogens with one attached hydrogen (secondary N) is 1. The Hall–Kier alpha value is -1.85. The molecule has 9 nitrogen and oxygen atoms in total. The maximum absolute atomic E-state index is 13.3. The predicted octanol–water partition coefficient (Wildman–Crippen LogP) is 1.65. The van der Waals surface area contributed by atoms with Gasteiger partial charge in [-0.25, -0.2) is 32.3 Å². The maximum Gasteiger partial charge on any atom is 0.407 e. The smallest absolute Gasteiger partial charge is 0.407 e. The van der Waals surface area contributed by atoms with Crippen molar-refractivity contribution in [3.63, 3.8) is 0 Å². The Labute approximate surface area is 175 Å². The van der Waals surface area contributed by atoms with Crippen LogP contribution < -0.4 is 4.72 Å². The highest BCUT2D eigenvalue weighted by atomic mass is 32.2. The second-order valence-electron chi connectivity index (χ2n) is 8.83. The molecule has 2 saturated carbocycles. The number of ether oxygens (including phenoxy) is 1. The van der Waals surface area contributed by atoms with Crippen molar-refractivity contribution in [1.82, 2.24) is 19.6 Å². The SMILES string of the molecule is C[C@@H]1C[C@H](NS(C)(=O)=O)[C@H](COC23CCCCC2(c2ncc(F)cn2)C3)N1C(=O)O. The Morgan fingerprint density at radius 3 is 2.67 bits per heavy atom. The molecule has 1 aromatic heterocycles. The molecule has 166 valence electrons. The number of hydrogen-bond acceptors (Lipinski definition) is 6. The van der Waals surface area contributed by atoms with Gasteiger partial charge >= 0.3 is 6.09 Å². The Morgan fingerprint density at radius 1 is 1.37 bits per heavy atom. The van der Waals surface area contributed by atoms with Gasteiger partial charge in [0.05, 0.1) is 42.3 Å². The minimum atomic E-state index is -3.50. The number of fused-ring (bicyclic) bond motifs is 1. The first kappa shape index (κ1) is 21.4. The molecule has 1 aliphatic heterocycles. The van der Waals surface area contributed by atoms with Crippen LogP contribution in [0.3, 0.4) is 0 Å². The van der Waals surface area contributed by atoms with E-state index < -0.39 is 45.0 Å². The molecule has 2 N–H and O–H groups in total. The van der Waals surface area contributed by atoms with Crippen LogP contribution in [0.2, 0.25) is 0 Å². The molecule has 4 rings (SSSR count). The van der Waals surface area contributed by atoms with E-state index in [-0.39, 0.29) is 12.6 Å². The van der Waals surface area contributed by atoms with Gasteiger partial charge in [0.2, 0.25) is 10.0 Å². The molecule has 2 aliphatic carbocycles. The van der Waals surface area contributed by atoms with E-state index in [0.29, 0.717) is 18.7 Å². The lowest BCUT2D eigenvalue weighted by Crippen LogP contribution is -2.50. The van der Waals surface area contributed by atoms with E-state index in [0.717, 1.165) is 44.3 Å². The monoisotopic (exact) mass is 442 g/mol. The molecule has 0 radical (unpaired) electrons. The standard InChI is InChI=1S/C19H27FN4O5S/c1-12-7-14(23-30(2,27)28)15(24(12)17(25)26)10-29-19-6-4-3-5-18(19,11-19)16-21-8-13(20)9-22-16/h8-9,12,14-15,23H,3-7,10-11H2,1-2H3,(H,25,26)/t12-,14+,15+,18?,19?/m1/s1. The quantitative estimate of drug-likeness (QED) is 0.687. The zero-order valence-corrected chi connectivity index (χ0v) is 17.9. The molecule has 1 aromatic rings. The van der Waals surface area contributed by atoms with E-state index in [2.05, 4.69) is 14.7 Å².